The third-order valence-electron chi connectivity index (χ3n) is 6.07. The summed E-state index contributed by atoms with van der Waals surface area (Å²) in [5, 5.41) is 2.02. The minimum absolute atomic E-state index is 0.00782. The fraction of sp³-hybridized carbons (Fsp3) is 0.542. The lowest BCUT2D eigenvalue weighted by atomic mass is 9.99. The van der Waals surface area contributed by atoms with Crippen LogP contribution in [0.4, 0.5) is 0 Å². The maximum atomic E-state index is 13.1. The summed E-state index contributed by atoms with van der Waals surface area (Å²) in [6, 6.07) is 7.89. The van der Waals surface area contributed by atoms with E-state index in [0.29, 0.717) is 45.0 Å². The van der Waals surface area contributed by atoms with Gasteiger partial charge in [0.1, 0.15) is 0 Å². The number of carbonyl (C=O) groups excluding carboxylic acids is 2. The van der Waals surface area contributed by atoms with Gasteiger partial charge in [-0.05, 0) is 48.3 Å². The Hall–Kier alpha value is -2.29. The van der Waals surface area contributed by atoms with E-state index in [4.69, 9.17) is 9.47 Å². The van der Waals surface area contributed by atoms with Crippen LogP contribution in [-0.2, 0) is 32.1 Å². The molecular formula is C24H31N3O4S. The van der Waals surface area contributed by atoms with E-state index in [0.717, 1.165) is 31.6 Å². The monoisotopic (exact) mass is 457 g/mol. The zero-order valence-electron chi connectivity index (χ0n) is 18.4. The Morgan fingerprint density at radius 3 is 2.84 bits per heavy atom. The fourth-order valence-electron chi connectivity index (χ4n) is 4.23. The number of hydrogen-bond donors (Lipinski definition) is 0. The molecule has 0 N–H and O–H groups in total. The average Bonchev–Trinajstić information content (AvgIpc) is 3.29. The minimum atomic E-state index is -0.229. The van der Waals surface area contributed by atoms with Crippen LogP contribution in [0.1, 0.15) is 29.7 Å². The van der Waals surface area contributed by atoms with Gasteiger partial charge in [-0.15, -0.1) is 11.3 Å². The second-order valence-corrected chi connectivity index (χ2v) is 9.53. The molecule has 2 fully saturated rings. The molecule has 8 heteroatoms. The zero-order chi connectivity index (χ0) is 22.2. The van der Waals surface area contributed by atoms with Gasteiger partial charge in [0.2, 0.25) is 11.8 Å². The highest BCUT2D eigenvalue weighted by molar-refractivity contribution is 7.09. The number of nitrogens with zero attached hydrogens (tertiary/aromatic N) is 3. The first-order valence-electron chi connectivity index (χ1n) is 11.3. The molecule has 2 aliphatic rings. The molecule has 0 radical (unpaired) electrons. The molecule has 0 aliphatic carbocycles. The van der Waals surface area contributed by atoms with Crippen molar-refractivity contribution in [1.29, 1.82) is 0 Å². The molecule has 0 spiro atoms. The predicted molar refractivity (Wildman–Crippen MR) is 122 cm³/mol. The predicted octanol–water partition coefficient (Wildman–Crippen LogP) is 2.76. The van der Waals surface area contributed by atoms with Gasteiger partial charge in [-0.1, -0.05) is 12.1 Å². The molecule has 172 valence electrons. The summed E-state index contributed by atoms with van der Waals surface area (Å²) >= 11 is 1.66. The smallest absolute Gasteiger partial charge is 0.242 e. The number of ether oxygens (including phenoxy) is 2. The number of aromatic nitrogens is 1. The van der Waals surface area contributed by atoms with E-state index in [1.165, 1.54) is 4.88 Å². The van der Waals surface area contributed by atoms with Crippen molar-refractivity contribution in [3.63, 3.8) is 0 Å². The van der Waals surface area contributed by atoms with Crippen LogP contribution in [0, 0.1) is 5.92 Å². The molecule has 2 amide bonds. The third-order valence-corrected chi connectivity index (χ3v) is 7.01. The Kier molecular flexibility index (Phi) is 8.25. The van der Waals surface area contributed by atoms with Gasteiger partial charge in [-0.3, -0.25) is 14.6 Å². The molecule has 1 atom stereocenters. The molecule has 0 bridgehead atoms. The highest BCUT2D eigenvalue weighted by Gasteiger charge is 2.32. The first-order valence-corrected chi connectivity index (χ1v) is 12.2. The fourth-order valence-corrected chi connectivity index (χ4v) is 4.94. The molecule has 2 aliphatic heterocycles. The van der Waals surface area contributed by atoms with E-state index in [9.17, 15) is 9.59 Å². The molecule has 4 rings (SSSR count). The second kappa shape index (κ2) is 11.5. The van der Waals surface area contributed by atoms with Crippen molar-refractivity contribution in [2.24, 2.45) is 5.92 Å². The van der Waals surface area contributed by atoms with Crippen molar-refractivity contribution < 1.29 is 19.1 Å². The highest BCUT2D eigenvalue weighted by atomic mass is 32.1. The zero-order valence-corrected chi connectivity index (χ0v) is 19.2. The first-order chi connectivity index (χ1) is 15.7. The first kappa shape index (κ1) is 22.9. The van der Waals surface area contributed by atoms with Crippen LogP contribution in [0.25, 0.3) is 0 Å². The van der Waals surface area contributed by atoms with E-state index in [2.05, 4.69) is 4.98 Å². The molecule has 0 unspecified atom stereocenters. The van der Waals surface area contributed by atoms with Gasteiger partial charge in [-0.2, -0.15) is 0 Å². The third kappa shape index (κ3) is 6.60. The summed E-state index contributed by atoms with van der Waals surface area (Å²) in [4.78, 5) is 35.0. The summed E-state index contributed by atoms with van der Waals surface area (Å²) < 4.78 is 11.7. The van der Waals surface area contributed by atoms with Crippen molar-refractivity contribution in [2.75, 3.05) is 39.4 Å². The number of pyridine rings is 1. The van der Waals surface area contributed by atoms with Gasteiger partial charge in [-0.25, -0.2) is 0 Å². The maximum Gasteiger partial charge on any atom is 0.242 e. The number of carbonyl (C=O) groups is 2. The van der Waals surface area contributed by atoms with E-state index >= 15 is 0 Å². The lowest BCUT2D eigenvalue weighted by molar-refractivity contribution is -0.139. The van der Waals surface area contributed by atoms with Crippen LogP contribution in [-0.4, -0.2) is 72.1 Å². The molecule has 32 heavy (non-hydrogen) atoms. The number of aryl methyl sites for hydroxylation is 1. The van der Waals surface area contributed by atoms with Crippen LogP contribution in [0.2, 0.25) is 0 Å². The molecule has 7 nitrogen and oxygen atoms in total. The average molecular weight is 458 g/mol. The van der Waals surface area contributed by atoms with Crippen LogP contribution in [0.15, 0.2) is 42.0 Å². The molecule has 4 heterocycles. The quantitative estimate of drug-likeness (QED) is 0.610. The Morgan fingerprint density at radius 2 is 2.09 bits per heavy atom. The lowest BCUT2D eigenvalue weighted by Gasteiger charge is -2.30. The lowest BCUT2D eigenvalue weighted by Crippen LogP contribution is -2.42. The maximum absolute atomic E-state index is 13.1. The Labute approximate surface area is 193 Å². The molecule has 2 saturated heterocycles. The van der Waals surface area contributed by atoms with Crippen LogP contribution < -0.4 is 0 Å². The summed E-state index contributed by atoms with van der Waals surface area (Å²) in [7, 11) is 0. The Morgan fingerprint density at radius 1 is 1.22 bits per heavy atom. The largest absolute Gasteiger partial charge is 0.381 e. The number of rotatable bonds is 8. The topological polar surface area (TPSA) is 72.0 Å². The van der Waals surface area contributed by atoms with E-state index < -0.39 is 0 Å². The Bertz CT molecular complexity index is 855. The van der Waals surface area contributed by atoms with Gasteiger partial charge >= 0.3 is 0 Å². The summed E-state index contributed by atoms with van der Waals surface area (Å²) in [5.41, 5.74) is 0.981. The van der Waals surface area contributed by atoms with Gasteiger partial charge in [0.15, 0.2) is 0 Å². The van der Waals surface area contributed by atoms with Crippen molar-refractivity contribution in [3.8, 4) is 0 Å². The van der Waals surface area contributed by atoms with Gasteiger partial charge in [0.05, 0.1) is 19.3 Å². The normalized spacial score (nSPS) is 20.4. The van der Waals surface area contributed by atoms with Gasteiger partial charge < -0.3 is 19.3 Å². The minimum Gasteiger partial charge on any atom is -0.381 e. The van der Waals surface area contributed by atoms with Gasteiger partial charge in [0, 0.05) is 56.5 Å². The Balaban J connectivity index is 1.41. The number of hydrogen-bond acceptors (Lipinski definition) is 6. The van der Waals surface area contributed by atoms with E-state index in [1.807, 2.05) is 34.5 Å². The molecule has 2 aromatic rings. The summed E-state index contributed by atoms with van der Waals surface area (Å²) in [6.45, 7) is 3.67. The summed E-state index contributed by atoms with van der Waals surface area (Å²) in [5.74, 6) is 0.454. The van der Waals surface area contributed by atoms with Crippen molar-refractivity contribution in [1.82, 2.24) is 14.8 Å². The SMILES string of the molecule is O=C(CCc1cccs1)N1CC(=O)N(CC2CCOCC2)C[C@H](OCc2cccnc2)C1. The van der Waals surface area contributed by atoms with Gasteiger partial charge in [0.25, 0.3) is 0 Å². The van der Waals surface area contributed by atoms with E-state index in [-0.39, 0.29) is 24.5 Å². The highest BCUT2D eigenvalue weighted by Crippen LogP contribution is 2.20. The second-order valence-electron chi connectivity index (χ2n) is 8.50. The van der Waals surface area contributed by atoms with Crippen LogP contribution in [0.3, 0.4) is 0 Å². The number of thiophene rings is 1. The van der Waals surface area contributed by atoms with Crippen LogP contribution >= 0.6 is 11.3 Å². The summed E-state index contributed by atoms with van der Waals surface area (Å²) in [6.07, 6.45) is 6.33. The molecule has 0 aromatic carbocycles. The molecule has 0 saturated carbocycles. The van der Waals surface area contributed by atoms with E-state index in [1.54, 1.807) is 28.6 Å². The standard InChI is InChI=1S/C24H31N3O4S/c28-23(6-5-22-4-2-12-32-22)27-16-21(31-18-20-3-1-9-25-13-20)15-26(24(29)17-27)14-19-7-10-30-11-8-19/h1-4,9,12-13,19,21H,5-8,10-11,14-18H2/t21-/m0/s1. The van der Waals surface area contributed by atoms with Crippen molar-refractivity contribution >= 4 is 23.2 Å². The molecular weight excluding hydrogens is 426 g/mol. The number of amides is 2. The van der Waals surface area contributed by atoms with Crippen molar-refractivity contribution in [3.05, 3.63) is 52.5 Å². The van der Waals surface area contributed by atoms with Crippen LogP contribution in [0.5, 0.6) is 0 Å². The van der Waals surface area contributed by atoms with Crippen molar-refractivity contribution in [2.45, 2.75) is 38.4 Å². The molecule has 2 aromatic heterocycles.